The SMILES string of the molecule is CC(C)(C)[Si](OCCCCC#CCCCCCCCC#CCCCCO)(c1ccccc1)c1ccccc1. The molecule has 0 atom stereocenters. The highest BCUT2D eigenvalue weighted by Crippen LogP contribution is 2.36. The Hall–Kier alpha value is -2.30. The fraction of sp³-hybridized carbons (Fsp3) is 0.543. The molecule has 2 nitrogen and oxygen atoms in total. The van der Waals surface area contributed by atoms with Crippen molar-refractivity contribution in [3.63, 3.8) is 0 Å². The van der Waals surface area contributed by atoms with Crippen LogP contribution in [0.2, 0.25) is 5.04 Å². The van der Waals surface area contributed by atoms with Crippen LogP contribution in [0.5, 0.6) is 0 Å². The van der Waals surface area contributed by atoms with Crippen molar-refractivity contribution in [2.75, 3.05) is 13.2 Å². The first-order chi connectivity index (χ1) is 18.5. The Morgan fingerprint density at radius 3 is 1.39 bits per heavy atom. The Morgan fingerprint density at radius 2 is 0.974 bits per heavy atom. The minimum absolute atomic E-state index is 0.0313. The standard InChI is InChI=1S/C35H50O2Si/c1-35(2,3)38(33-27-21-19-22-28-33,34-29-23-20-24-30-34)37-32-26-18-16-14-12-10-8-6-4-5-7-9-11-13-15-17-25-31-36/h19-24,27-30,36H,4-10,15-18,25-26,31-32H2,1-3H3. The van der Waals surface area contributed by atoms with Gasteiger partial charge in [0.25, 0.3) is 8.32 Å². The van der Waals surface area contributed by atoms with Crippen LogP contribution in [0.25, 0.3) is 0 Å². The predicted molar refractivity (Wildman–Crippen MR) is 166 cm³/mol. The van der Waals surface area contributed by atoms with Gasteiger partial charge in [-0.15, -0.1) is 23.7 Å². The normalized spacial score (nSPS) is 11.4. The highest BCUT2D eigenvalue weighted by molar-refractivity contribution is 6.99. The zero-order valence-corrected chi connectivity index (χ0v) is 25.2. The van der Waals surface area contributed by atoms with Crippen LogP contribution in [0.3, 0.4) is 0 Å². The maximum absolute atomic E-state index is 8.75. The van der Waals surface area contributed by atoms with Crippen molar-refractivity contribution in [1.29, 1.82) is 0 Å². The first-order valence-electron chi connectivity index (χ1n) is 14.8. The molecule has 0 radical (unpaired) electrons. The summed E-state index contributed by atoms with van der Waals surface area (Å²) in [7, 11) is -2.41. The third-order valence-electron chi connectivity index (χ3n) is 6.99. The molecule has 1 N–H and O–H groups in total. The molecule has 0 heterocycles. The molecule has 0 aromatic heterocycles. The van der Waals surface area contributed by atoms with Crippen molar-refractivity contribution in [2.45, 2.75) is 109 Å². The number of aliphatic hydroxyl groups excluding tert-OH is 1. The van der Waals surface area contributed by atoms with Gasteiger partial charge in [0.1, 0.15) is 0 Å². The third kappa shape index (κ3) is 11.2. The molecule has 0 aliphatic carbocycles. The summed E-state index contributed by atoms with van der Waals surface area (Å²) >= 11 is 0. The highest BCUT2D eigenvalue weighted by atomic mass is 28.4. The lowest BCUT2D eigenvalue weighted by Crippen LogP contribution is -2.66. The van der Waals surface area contributed by atoms with Crippen molar-refractivity contribution >= 4 is 18.7 Å². The van der Waals surface area contributed by atoms with Crippen LogP contribution in [0.15, 0.2) is 60.7 Å². The maximum Gasteiger partial charge on any atom is 0.261 e. The summed E-state index contributed by atoms with van der Waals surface area (Å²) in [5.74, 6) is 13.2. The lowest BCUT2D eigenvalue weighted by molar-refractivity contribution is 0.285. The van der Waals surface area contributed by atoms with Crippen molar-refractivity contribution in [3.8, 4) is 23.7 Å². The van der Waals surface area contributed by atoms with E-state index in [9.17, 15) is 0 Å². The van der Waals surface area contributed by atoms with Crippen molar-refractivity contribution in [3.05, 3.63) is 60.7 Å². The van der Waals surface area contributed by atoms with Gasteiger partial charge in [-0.25, -0.2) is 0 Å². The average Bonchev–Trinajstić information content (AvgIpc) is 2.92. The zero-order valence-electron chi connectivity index (χ0n) is 24.2. The fourth-order valence-electron chi connectivity index (χ4n) is 4.94. The molecule has 2 aromatic rings. The van der Waals surface area contributed by atoms with Crippen LogP contribution in [-0.2, 0) is 4.43 Å². The smallest absolute Gasteiger partial charge is 0.261 e. The molecule has 2 rings (SSSR count). The van der Waals surface area contributed by atoms with E-state index in [1.807, 2.05) is 0 Å². The molecular formula is C35H50O2Si. The summed E-state index contributed by atoms with van der Waals surface area (Å²) in [6, 6.07) is 21.8. The molecule has 0 fully saturated rings. The van der Waals surface area contributed by atoms with Crippen molar-refractivity contribution in [1.82, 2.24) is 0 Å². The molecule has 206 valence electrons. The second kappa shape index (κ2) is 18.9. The molecule has 3 heteroatoms. The minimum Gasteiger partial charge on any atom is -0.407 e. The van der Waals surface area contributed by atoms with Gasteiger partial charge in [-0.3, -0.25) is 0 Å². The lowest BCUT2D eigenvalue weighted by Gasteiger charge is -2.43. The van der Waals surface area contributed by atoms with Crippen molar-refractivity contribution in [2.24, 2.45) is 0 Å². The van der Waals surface area contributed by atoms with Gasteiger partial charge in [0.05, 0.1) is 0 Å². The van der Waals surface area contributed by atoms with E-state index in [4.69, 9.17) is 9.53 Å². The minimum atomic E-state index is -2.41. The Kier molecular flexibility index (Phi) is 15.8. The summed E-state index contributed by atoms with van der Waals surface area (Å²) in [4.78, 5) is 0. The number of rotatable bonds is 16. The van der Waals surface area contributed by atoms with Crippen LogP contribution in [0.4, 0.5) is 0 Å². The molecule has 0 saturated heterocycles. The van der Waals surface area contributed by atoms with Gasteiger partial charge in [-0.1, -0.05) is 101 Å². The van der Waals surface area contributed by atoms with E-state index in [0.29, 0.717) is 0 Å². The average molecular weight is 531 g/mol. The van der Waals surface area contributed by atoms with Crippen molar-refractivity contribution < 1.29 is 9.53 Å². The molecule has 0 amide bonds. The van der Waals surface area contributed by atoms with Crippen LogP contribution in [0, 0.1) is 23.7 Å². The van der Waals surface area contributed by atoms with Crippen LogP contribution >= 0.6 is 0 Å². The van der Waals surface area contributed by atoms with E-state index in [2.05, 4.69) is 105 Å². The van der Waals surface area contributed by atoms with E-state index in [-0.39, 0.29) is 11.6 Å². The molecule has 0 saturated carbocycles. The molecule has 0 unspecified atom stereocenters. The van der Waals surface area contributed by atoms with Crippen LogP contribution < -0.4 is 10.4 Å². The van der Waals surface area contributed by atoms with Gasteiger partial charge in [0.2, 0.25) is 0 Å². The third-order valence-corrected chi connectivity index (χ3v) is 12.0. The first-order valence-corrected chi connectivity index (χ1v) is 16.7. The number of hydrogen-bond donors (Lipinski definition) is 1. The summed E-state index contributed by atoms with van der Waals surface area (Å²) in [5, 5.41) is 11.5. The second-order valence-corrected chi connectivity index (χ2v) is 15.4. The summed E-state index contributed by atoms with van der Waals surface area (Å²) in [5.41, 5.74) is 0. The molecule has 38 heavy (non-hydrogen) atoms. The first kappa shape index (κ1) is 31.9. The number of unbranched alkanes of at least 4 members (excludes halogenated alkanes) is 10. The Morgan fingerprint density at radius 1 is 0.579 bits per heavy atom. The number of aliphatic hydroxyl groups is 1. The van der Waals surface area contributed by atoms with Gasteiger partial charge < -0.3 is 9.53 Å². The lowest BCUT2D eigenvalue weighted by atomic mass is 10.1. The second-order valence-electron chi connectivity index (χ2n) is 11.1. The highest BCUT2D eigenvalue weighted by Gasteiger charge is 2.49. The molecule has 0 aliphatic rings. The van der Waals surface area contributed by atoms with Gasteiger partial charge in [0, 0.05) is 38.9 Å². The fourth-order valence-corrected chi connectivity index (χ4v) is 9.54. The zero-order chi connectivity index (χ0) is 27.4. The molecule has 0 spiro atoms. The van der Waals surface area contributed by atoms with Gasteiger partial charge in [-0.2, -0.15) is 0 Å². The molecular weight excluding hydrogens is 480 g/mol. The molecule has 0 bridgehead atoms. The monoisotopic (exact) mass is 530 g/mol. The summed E-state index contributed by atoms with van der Waals surface area (Å²) in [6.45, 7) is 8.07. The quantitative estimate of drug-likeness (QED) is 0.137. The maximum atomic E-state index is 8.75. The van der Waals surface area contributed by atoms with Gasteiger partial charge in [-0.05, 0) is 53.9 Å². The number of hydrogen-bond acceptors (Lipinski definition) is 2. The topological polar surface area (TPSA) is 29.5 Å². The van der Waals surface area contributed by atoms with Gasteiger partial charge >= 0.3 is 0 Å². The van der Waals surface area contributed by atoms with Crippen LogP contribution in [-0.4, -0.2) is 26.6 Å². The van der Waals surface area contributed by atoms with E-state index < -0.39 is 8.32 Å². The van der Waals surface area contributed by atoms with E-state index in [1.165, 1.54) is 42.5 Å². The summed E-state index contributed by atoms with van der Waals surface area (Å²) in [6.07, 6.45) is 14.2. The Balaban J connectivity index is 1.67. The largest absolute Gasteiger partial charge is 0.407 e. The van der Waals surface area contributed by atoms with E-state index in [1.54, 1.807) is 0 Å². The van der Waals surface area contributed by atoms with Gasteiger partial charge in [0.15, 0.2) is 0 Å². The predicted octanol–water partition coefficient (Wildman–Crippen LogP) is 7.63. The van der Waals surface area contributed by atoms with E-state index >= 15 is 0 Å². The molecule has 2 aromatic carbocycles. The summed E-state index contributed by atoms with van der Waals surface area (Å²) < 4.78 is 6.97. The van der Waals surface area contributed by atoms with Crippen LogP contribution in [0.1, 0.15) is 104 Å². The van der Waals surface area contributed by atoms with E-state index in [0.717, 1.165) is 58.0 Å². The Labute approximate surface area is 234 Å². The Bertz CT molecular complexity index is 947. The number of benzene rings is 2. The molecule has 0 aliphatic heterocycles.